The number of carbonyl (C=O) groups is 2. The van der Waals surface area contributed by atoms with Crippen LogP contribution in [0.3, 0.4) is 0 Å². The van der Waals surface area contributed by atoms with Gasteiger partial charge in [-0.25, -0.2) is 9.78 Å². The van der Waals surface area contributed by atoms with E-state index in [1.165, 1.54) is 11.3 Å². The molecule has 0 aliphatic carbocycles. The summed E-state index contributed by atoms with van der Waals surface area (Å²) in [5.74, 6) is -0.0145. The lowest BCUT2D eigenvalue weighted by Crippen LogP contribution is -2.22. The van der Waals surface area contributed by atoms with E-state index in [0.717, 1.165) is 18.4 Å². The van der Waals surface area contributed by atoms with Crippen molar-refractivity contribution in [2.45, 2.75) is 19.8 Å². The number of unbranched alkanes of at least 4 members (excludes halogenated alkanes) is 1. The van der Waals surface area contributed by atoms with Gasteiger partial charge in [-0.15, -0.1) is 0 Å². The molecule has 0 unspecified atom stereocenters. The van der Waals surface area contributed by atoms with Crippen molar-refractivity contribution >= 4 is 28.3 Å². The van der Waals surface area contributed by atoms with Crippen molar-refractivity contribution < 1.29 is 14.7 Å². The van der Waals surface area contributed by atoms with Gasteiger partial charge in [-0.3, -0.25) is 4.79 Å². The summed E-state index contributed by atoms with van der Waals surface area (Å²) in [5, 5.41) is 14.6. The Bertz CT molecular complexity index is 685. The number of nitrogens with zero attached hydrogens (tertiary/aromatic N) is 1. The SMILES string of the molecule is Cc1ccccc1C(=O)c1cnc(NCCCCNC(=O)O)s1. The van der Waals surface area contributed by atoms with Gasteiger partial charge in [-0.05, 0) is 25.3 Å². The van der Waals surface area contributed by atoms with Crippen molar-refractivity contribution in [1.29, 1.82) is 0 Å². The van der Waals surface area contributed by atoms with Gasteiger partial charge in [0.05, 0.1) is 11.1 Å². The quantitative estimate of drug-likeness (QED) is 0.510. The number of hydrogen-bond acceptors (Lipinski definition) is 5. The number of rotatable bonds is 8. The van der Waals surface area contributed by atoms with Crippen LogP contribution in [0.15, 0.2) is 30.5 Å². The van der Waals surface area contributed by atoms with Crippen LogP contribution in [0.4, 0.5) is 9.93 Å². The van der Waals surface area contributed by atoms with Crippen molar-refractivity contribution in [2.75, 3.05) is 18.4 Å². The Kier molecular flexibility index (Phi) is 6.10. The van der Waals surface area contributed by atoms with Gasteiger partial charge in [0, 0.05) is 18.7 Å². The molecule has 0 aliphatic heterocycles. The molecule has 1 aromatic heterocycles. The minimum absolute atomic E-state index is 0.0145. The smallest absolute Gasteiger partial charge is 0.404 e. The average Bonchev–Trinajstić information content (AvgIpc) is 2.99. The Morgan fingerprint density at radius 1 is 1.22 bits per heavy atom. The highest BCUT2D eigenvalue weighted by Gasteiger charge is 2.14. The molecule has 1 amide bonds. The fourth-order valence-corrected chi connectivity index (χ4v) is 2.86. The van der Waals surface area contributed by atoms with Crippen LogP contribution in [-0.4, -0.2) is 35.1 Å². The molecule has 0 fully saturated rings. The molecular formula is C16H19N3O3S. The van der Waals surface area contributed by atoms with E-state index in [9.17, 15) is 9.59 Å². The lowest BCUT2D eigenvalue weighted by Gasteiger charge is -2.03. The predicted octanol–water partition coefficient (Wildman–Crippen LogP) is 3.14. The third-order valence-electron chi connectivity index (χ3n) is 3.28. The summed E-state index contributed by atoms with van der Waals surface area (Å²) < 4.78 is 0. The molecule has 2 aromatic rings. The fraction of sp³-hybridized carbons (Fsp3) is 0.312. The largest absolute Gasteiger partial charge is 0.465 e. The third kappa shape index (κ3) is 5.07. The second kappa shape index (κ2) is 8.28. The normalized spacial score (nSPS) is 10.3. The molecule has 0 saturated heterocycles. The van der Waals surface area contributed by atoms with Crippen LogP contribution in [0.5, 0.6) is 0 Å². The van der Waals surface area contributed by atoms with Gasteiger partial charge in [0.1, 0.15) is 0 Å². The highest BCUT2D eigenvalue weighted by atomic mass is 32.1. The second-order valence-electron chi connectivity index (χ2n) is 5.04. The van der Waals surface area contributed by atoms with Crippen LogP contribution < -0.4 is 10.6 Å². The standard InChI is InChI=1S/C16H19N3O3S/c1-11-6-2-3-7-12(11)14(20)13-10-19-15(23-13)17-8-4-5-9-18-16(21)22/h2-3,6-7,10,18H,4-5,8-9H2,1H3,(H,17,19)(H,21,22). The number of benzene rings is 1. The number of nitrogens with one attached hydrogen (secondary N) is 2. The van der Waals surface area contributed by atoms with E-state index >= 15 is 0 Å². The van der Waals surface area contributed by atoms with Gasteiger partial charge in [-0.1, -0.05) is 35.6 Å². The molecule has 7 heteroatoms. The summed E-state index contributed by atoms with van der Waals surface area (Å²) in [4.78, 5) is 27.6. The number of ketones is 1. The molecule has 23 heavy (non-hydrogen) atoms. The fourth-order valence-electron chi connectivity index (χ4n) is 2.06. The number of aromatic nitrogens is 1. The molecule has 0 saturated carbocycles. The summed E-state index contributed by atoms with van der Waals surface area (Å²) in [6.45, 7) is 3.04. The van der Waals surface area contributed by atoms with Gasteiger partial charge < -0.3 is 15.7 Å². The number of carboxylic acid groups (broad SMARTS) is 1. The lowest BCUT2D eigenvalue weighted by atomic mass is 10.0. The predicted molar refractivity (Wildman–Crippen MR) is 90.5 cm³/mol. The van der Waals surface area contributed by atoms with Crippen molar-refractivity contribution in [2.24, 2.45) is 0 Å². The molecule has 0 spiro atoms. The van der Waals surface area contributed by atoms with E-state index < -0.39 is 6.09 Å². The molecule has 0 atom stereocenters. The zero-order valence-corrected chi connectivity index (χ0v) is 13.7. The molecule has 0 radical (unpaired) electrons. The van der Waals surface area contributed by atoms with Crippen molar-refractivity contribution in [1.82, 2.24) is 10.3 Å². The molecule has 1 heterocycles. The van der Waals surface area contributed by atoms with Crippen molar-refractivity contribution in [3.05, 3.63) is 46.5 Å². The van der Waals surface area contributed by atoms with Crippen LogP contribution in [0, 0.1) is 6.92 Å². The number of anilines is 1. The maximum Gasteiger partial charge on any atom is 0.404 e. The highest BCUT2D eigenvalue weighted by Crippen LogP contribution is 2.22. The Labute approximate surface area is 138 Å². The van der Waals surface area contributed by atoms with E-state index in [2.05, 4.69) is 15.6 Å². The zero-order valence-electron chi connectivity index (χ0n) is 12.8. The van der Waals surface area contributed by atoms with Crippen LogP contribution in [0.1, 0.15) is 33.6 Å². The number of hydrogen-bond donors (Lipinski definition) is 3. The van der Waals surface area contributed by atoms with Gasteiger partial charge >= 0.3 is 6.09 Å². The molecule has 1 aromatic carbocycles. The minimum atomic E-state index is -1.00. The third-order valence-corrected chi connectivity index (χ3v) is 4.23. The lowest BCUT2D eigenvalue weighted by molar-refractivity contribution is 0.104. The van der Waals surface area contributed by atoms with Crippen molar-refractivity contribution in [3.63, 3.8) is 0 Å². The maximum atomic E-state index is 12.4. The highest BCUT2D eigenvalue weighted by molar-refractivity contribution is 7.17. The van der Waals surface area contributed by atoms with Gasteiger partial charge in [-0.2, -0.15) is 0 Å². The van der Waals surface area contributed by atoms with E-state index in [-0.39, 0.29) is 5.78 Å². The van der Waals surface area contributed by atoms with E-state index in [0.29, 0.717) is 28.7 Å². The van der Waals surface area contributed by atoms with E-state index in [1.54, 1.807) is 6.20 Å². The summed E-state index contributed by atoms with van der Waals surface area (Å²) in [5.41, 5.74) is 1.65. The Balaban J connectivity index is 1.83. The number of carbonyl (C=O) groups excluding carboxylic acids is 1. The summed E-state index contributed by atoms with van der Waals surface area (Å²) >= 11 is 1.33. The first-order valence-electron chi connectivity index (χ1n) is 7.35. The number of amides is 1. The van der Waals surface area contributed by atoms with Crippen LogP contribution >= 0.6 is 11.3 Å². The molecular weight excluding hydrogens is 314 g/mol. The summed E-state index contributed by atoms with van der Waals surface area (Å²) in [7, 11) is 0. The van der Waals surface area contributed by atoms with Crippen LogP contribution in [-0.2, 0) is 0 Å². The first-order valence-corrected chi connectivity index (χ1v) is 8.16. The van der Waals surface area contributed by atoms with E-state index in [4.69, 9.17) is 5.11 Å². The van der Waals surface area contributed by atoms with Crippen molar-refractivity contribution in [3.8, 4) is 0 Å². The van der Waals surface area contributed by atoms with Gasteiger partial charge in [0.2, 0.25) is 5.78 Å². The molecule has 2 rings (SSSR count). The number of aryl methyl sites for hydroxylation is 1. The zero-order chi connectivity index (χ0) is 16.7. The topological polar surface area (TPSA) is 91.3 Å². The minimum Gasteiger partial charge on any atom is -0.465 e. The molecule has 0 aliphatic rings. The average molecular weight is 333 g/mol. The Morgan fingerprint density at radius 2 is 1.96 bits per heavy atom. The van der Waals surface area contributed by atoms with Crippen LogP contribution in [0.2, 0.25) is 0 Å². The maximum absolute atomic E-state index is 12.4. The van der Waals surface area contributed by atoms with Gasteiger partial charge in [0.25, 0.3) is 0 Å². The monoisotopic (exact) mass is 333 g/mol. The molecule has 122 valence electrons. The number of thiazole rings is 1. The molecule has 6 nitrogen and oxygen atoms in total. The molecule has 0 bridgehead atoms. The van der Waals surface area contributed by atoms with E-state index in [1.807, 2.05) is 31.2 Å². The molecule has 3 N–H and O–H groups in total. The van der Waals surface area contributed by atoms with Gasteiger partial charge in [0.15, 0.2) is 5.13 Å². The van der Waals surface area contributed by atoms with Crippen LogP contribution in [0.25, 0.3) is 0 Å². The first-order chi connectivity index (χ1) is 11.1. The Hall–Kier alpha value is -2.41. The summed E-state index contributed by atoms with van der Waals surface area (Å²) in [6.07, 6.45) is 2.16. The second-order valence-corrected chi connectivity index (χ2v) is 6.07. The first kappa shape index (κ1) is 17.0. The Morgan fingerprint density at radius 3 is 2.70 bits per heavy atom. The summed E-state index contributed by atoms with van der Waals surface area (Å²) in [6, 6.07) is 7.50.